The van der Waals surface area contributed by atoms with E-state index < -0.39 is 0 Å². The predicted octanol–water partition coefficient (Wildman–Crippen LogP) is 3.45. The van der Waals surface area contributed by atoms with Crippen LogP contribution >= 0.6 is 0 Å². The lowest BCUT2D eigenvalue weighted by Crippen LogP contribution is -1.98. The first-order valence-electron chi connectivity index (χ1n) is 4.75. The van der Waals surface area contributed by atoms with Crippen molar-refractivity contribution in [2.45, 2.75) is 27.7 Å². The van der Waals surface area contributed by atoms with Crippen LogP contribution in [0, 0.1) is 12.8 Å². The summed E-state index contributed by atoms with van der Waals surface area (Å²) in [5.41, 5.74) is 3.72. The summed E-state index contributed by atoms with van der Waals surface area (Å²) in [4.78, 5) is 4.40. The number of allylic oxidation sites excluding steroid dienone is 2. The first-order chi connectivity index (χ1) is 6.16. The largest absolute Gasteiger partial charge is 0.256 e. The Balaban J connectivity index is 3.13. The average Bonchev–Trinajstić information content (AvgIpc) is 2.09. The fourth-order valence-corrected chi connectivity index (χ4v) is 1.53. The number of aryl methyl sites for hydroxylation is 1. The SMILES string of the molecule is C/C=C(\c1ncccc1C)C(C)C. The van der Waals surface area contributed by atoms with Crippen molar-refractivity contribution in [3.8, 4) is 0 Å². The van der Waals surface area contributed by atoms with Crippen molar-refractivity contribution < 1.29 is 0 Å². The van der Waals surface area contributed by atoms with Gasteiger partial charge in [0.1, 0.15) is 0 Å². The number of nitrogens with zero attached hydrogens (tertiary/aromatic N) is 1. The quantitative estimate of drug-likeness (QED) is 0.671. The van der Waals surface area contributed by atoms with Crippen molar-refractivity contribution in [1.82, 2.24) is 4.98 Å². The molecule has 0 aromatic carbocycles. The Kier molecular flexibility index (Phi) is 3.24. The Morgan fingerprint density at radius 1 is 1.46 bits per heavy atom. The molecule has 0 atom stereocenters. The van der Waals surface area contributed by atoms with Gasteiger partial charge in [0.2, 0.25) is 0 Å². The summed E-state index contributed by atoms with van der Waals surface area (Å²) in [6.45, 7) is 8.57. The Labute approximate surface area is 80.5 Å². The van der Waals surface area contributed by atoms with Crippen LogP contribution in [0.15, 0.2) is 24.4 Å². The molecule has 1 aromatic rings. The summed E-state index contributed by atoms with van der Waals surface area (Å²) < 4.78 is 0. The Morgan fingerprint density at radius 3 is 2.62 bits per heavy atom. The van der Waals surface area contributed by atoms with Gasteiger partial charge in [0.05, 0.1) is 5.69 Å². The first-order valence-corrected chi connectivity index (χ1v) is 4.75. The fourth-order valence-electron chi connectivity index (χ4n) is 1.53. The van der Waals surface area contributed by atoms with E-state index in [1.54, 1.807) is 0 Å². The summed E-state index contributed by atoms with van der Waals surface area (Å²) in [7, 11) is 0. The zero-order valence-electron chi connectivity index (χ0n) is 8.83. The second kappa shape index (κ2) is 4.22. The minimum absolute atomic E-state index is 0.540. The molecule has 13 heavy (non-hydrogen) atoms. The zero-order chi connectivity index (χ0) is 9.84. The molecule has 1 nitrogen and oxygen atoms in total. The van der Waals surface area contributed by atoms with E-state index in [0.717, 1.165) is 5.69 Å². The van der Waals surface area contributed by atoms with Crippen LogP contribution in [0.4, 0.5) is 0 Å². The van der Waals surface area contributed by atoms with E-state index in [9.17, 15) is 0 Å². The second-order valence-electron chi connectivity index (χ2n) is 3.57. The number of hydrogen-bond donors (Lipinski definition) is 0. The predicted molar refractivity (Wildman–Crippen MR) is 57.5 cm³/mol. The lowest BCUT2D eigenvalue weighted by molar-refractivity contribution is 0.845. The van der Waals surface area contributed by atoms with Crippen LogP contribution in [0.3, 0.4) is 0 Å². The highest BCUT2D eigenvalue weighted by atomic mass is 14.7. The van der Waals surface area contributed by atoms with Gasteiger partial charge in [0, 0.05) is 6.20 Å². The van der Waals surface area contributed by atoms with E-state index in [0.29, 0.717) is 5.92 Å². The fraction of sp³-hybridized carbons (Fsp3) is 0.417. The van der Waals surface area contributed by atoms with Gasteiger partial charge < -0.3 is 0 Å². The highest BCUT2D eigenvalue weighted by Gasteiger charge is 2.08. The molecule has 1 heteroatoms. The molecule has 0 aliphatic carbocycles. The highest BCUT2D eigenvalue weighted by molar-refractivity contribution is 5.65. The molecule has 0 radical (unpaired) electrons. The lowest BCUT2D eigenvalue weighted by Gasteiger charge is -2.12. The van der Waals surface area contributed by atoms with E-state index in [1.165, 1.54) is 11.1 Å². The van der Waals surface area contributed by atoms with Crippen molar-refractivity contribution in [2.24, 2.45) is 5.92 Å². The Hall–Kier alpha value is -1.11. The van der Waals surface area contributed by atoms with Gasteiger partial charge in [0.25, 0.3) is 0 Å². The summed E-state index contributed by atoms with van der Waals surface area (Å²) in [6, 6.07) is 4.08. The molecule has 0 bridgehead atoms. The molecule has 0 amide bonds. The molecule has 0 fully saturated rings. The molecule has 1 rings (SSSR count). The maximum Gasteiger partial charge on any atom is 0.0690 e. The monoisotopic (exact) mass is 175 g/mol. The molecule has 0 saturated carbocycles. The van der Waals surface area contributed by atoms with Gasteiger partial charge in [-0.05, 0) is 37.0 Å². The number of pyridine rings is 1. The molecule has 0 N–H and O–H groups in total. The van der Waals surface area contributed by atoms with Gasteiger partial charge >= 0.3 is 0 Å². The standard InChI is InChI=1S/C12H17N/c1-5-11(9(2)3)12-10(4)7-6-8-13-12/h5-9H,1-4H3/b11-5-. The molecule has 0 saturated heterocycles. The third kappa shape index (κ3) is 2.18. The molecule has 70 valence electrons. The molecule has 0 aliphatic heterocycles. The van der Waals surface area contributed by atoms with Gasteiger partial charge in [-0.1, -0.05) is 26.0 Å². The molecule has 1 heterocycles. The van der Waals surface area contributed by atoms with Crippen LogP contribution < -0.4 is 0 Å². The third-order valence-electron chi connectivity index (χ3n) is 2.22. The minimum atomic E-state index is 0.540. The van der Waals surface area contributed by atoms with Gasteiger partial charge in [-0.15, -0.1) is 0 Å². The minimum Gasteiger partial charge on any atom is -0.256 e. The van der Waals surface area contributed by atoms with Crippen LogP contribution in [0.1, 0.15) is 32.0 Å². The highest BCUT2D eigenvalue weighted by Crippen LogP contribution is 2.23. The number of rotatable bonds is 2. The summed E-state index contributed by atoms with van der Waals surface area (Å²) in [6.07, 6.45) is 4.01. The van der Waals surface area contributed by atoms with Crippen molar-refractivity contribution in [3.63, 3.8) is 0 Å². The Morgan fingerprint density at radius 2 is 2.15 bits per heavy atom. The van der Waals surface area contributed by atoms with Crippen LogP contribution in [0.25, 0.3) is 5.57 Å². The normalized spacial score (nSPS) is 12.2. The first kappa shape index (κ1) is 9.97. The number of hydrogen-bond acceptors (Lipinski definition) is 1. The molecule has 1 aromatic heterocycles. The molecular weight excluding hydrogens is 158 g/mol. The van der Waals surface area contributed by atoms with Crippen molar-refractivity contribution in [3.05, 3.63) is 35.7 Å². The smallest absolute Gasteiger partial charge is 0.0690 e. The van der Waals surface area contributed by atoms with Crippen LogP contribution in [-0.4, -0.2) is 4.98 Å². The summed E-state index contributed by atoms with van der Waals surface area (Å²) >= 11 is 0. The molecule has 0 aliphatic rings. The van der Waals surface area contributed by atoms with Crippen molar-refractivity contribution in [1.29, 1.82) is 0 Å². The van der Waals surface area contributed by atoms with E-state index in [2.05, 4.69) is 44.8 Å². The van der Waals surface area contributed by atoms with Crippen molar-refractivity contribution in [2.75, 3.05) is 0 Å². The second-order valence-corrected chi connectivity index (χ2v) is 3.57. The van der Waals surface area contributed by atoms with E-state index in [1.807, 2.05) is 12.3 Å². The lowest BCUT2D eigenvalue weighted by atomic mass is 9.97. The number of aromatic nitrogens is 1. The van der Waals surface area contributed by atoms with Gasteiger partial charge in [-0.2, -0.15) is 0 Å². The van der Waals surface area contributed by atoms with Gasteiger partial charge in [-0.25, -0.2) is 0 Å². The van der Waals surface area contributed by atoms with E-state index in [-0.39, 0.29) is 0 Å². The van der Waals surface area contributed by atoms with E-state index >= 15 is 0 Å². The molecular formula is C12H17N. The molecule has 0 unspecified atom stereocenters. The average molecular weight is 175 g/mol. The topological polar surface area (TPSA) is 12.9 Å². The maximum absolute atomic E-state index is 4.40. The van der Waals surface area contributed by atoms with Crippen molar-refractivity contribution >= 4 is 5.57 Å². The Bertz CT molecular complexity index is 311. The zero-order valence-corrected chi connectivity index (χ0v) is 8.83. The maximum atomic E-state index is 4.40. The summed E-state index contributed by atoms with van der Waals surface area (Å²) in [5, 5.41) is 0. The van der Waals surface area contributed by atoms with Gasteiger partial charge in [0.15, 0.2) is 0 Å². The molecule has 0 spiro atoms. The van der Waals surface area contributed by atoms with Crippen LogP contribution in [0.5, 0.6) is 0 Å². The van der Waals surface area contributed by atoms with Crippen LogP contribution in [0.2, 0.25) is 0 Å². The van der Waals surface area contributed by atoms with Gasteiger partial charge in [-0.3, -0.25) is 4.98 Å². The third-order valence-corrected chi connectivity index (χ3v) is 2.22. The van der Waals surface area contributed by atoms with E-state index in [4.69, 9.17) is 0 Å². The van der Waals surface area contributed by atoms with Crippen LogP contribution in [-0.2, 0) is 0 Å². The summed E-state index contributed by atoms with van der Waals surface area (Å²) in [5.74, 6) is 0.540.